The summed E-state index contributed by atoms with van der Waals surface area (Å²) >= 11 is 0. The lowest BCUT2D eigenvalue weighted by Crippen LogP contribution is -2.17. The molecule has 0 radical (unpaired) electrons. The predicted octanol–water partition coefficient (Wildman–Crippen LogP) is 3.89. The van der Waals surface area contributed by atoms with E-state index in [0.717, 1.165) is 22.6 Å². The van der Waals surface area contributed by atoms with Crippen molar-refractivity contribution in [1.82, 2.24) is 20.3 Å². The van der Waals surface area contributed by atoms with E-state index < -0.39 is 0 Å². The van der Waals surface area contributed by atoms with Crippen molar-refractivity contribution in [2.45, 2.75) is 33.6 Å². The highest BCUT2D eigenvalue weighted by atomic mass is 16.3. The molecule has 1 amide bonds. The number of aliphatic imine (C=N–C) groups is 1. The van der Waals surface area contributed by atoms with Gasteiger partial charge in [-0.25, -0.2) is 9.67 Å². The van der Waals surface area contributed by atoms with Gasteiger partial charge in [0.25, 0.3) is 5.91 Å². The maximum Gasteiger partial charge on any atom is 0.251 e. The number of anilines is 1. The van der Waals surface area contributed by atoms with E-state index in [0.29, 0.717) is 23.5 Å². The van der Waals surface area contributed by atoms with Crippen molar-refractivity contribution in [3.8, 4) is 5.69 Å². The number of benzene rings is 2. The number of nitrogens with zero attached hydrogens (tertiary/aromatic N) is 4. The lowest BCUT2D eigenvalue weighted by atomic mass is 10.1. The molecule has 0 fully saturated rings. The third kappa shape index (κ3) is 7.40. The largest absolute Gasteiger partial charge is 0.396 e. The van der Waals surface area contributed by atoms with Gasteiger partial charge in [-0.2, -0.15) is 0 Å². The van der Waals surface area contributed by atoms with Crippen LogP contribution in [0.5, 0.6) is 0 Å². The van der Waals surface area contributed by atoms with Gasteiger partial charge in [-0.15, -0.1) is 5.10 Å². The highest BCUT2D eigenvalue weighted by molar-refractivity contribution is 5.94. The highest BCUT2D eigenvalue weighted by Crippen LogP contribution is 2.15. The number of aliphatic hydroxyl groups excluding tert-OH is 1. The van der Waals surface area contributed by atoms with Crippen LogP contribution in [0.4, 0.5) is 5.69 Å². The Labute approximate surface area is 195 Å². The number of carbonyl (C=O) groups is 1. The van der Waals surface area contributed by atoms with E-state index in [1.807, 2.05) is 31.2 Å². The number of rotatable bonds is 8. The maximum absolute atomic E-state index is 11.6. The summed E-state index contributed by atoms with van der Waals surface area (Å²) in [5, 5.41) is 23.2. The molecule has 174 valence electrons. The zero-order valence-corrected chi connectivity index (χ0v) is 19.7. The quantitative estimate of drug-likeness (QED) is 0.454. The van der Waals surface area contributed by atoms with Crippen LogP contribution in [0.3, 0.4) is 0 Å². The van der Waals surface area contributed by atoms with E-state index in [4.69, 9.17) is 5.11 Å². The molecule has 0 saturated carbocycles. The Morgan fingerprint density at radius 2 is 1.91 bits per heavy atom. The maximum atomic E-state index is 11.6. The molecule has 0 saturated heterocycles. The normalized spacial score (nSPS) is 10.5. The van der Waals surface area contributed by atoms with Gasteiger partial charge in [-0.05, 0) is 55.3 Å². The summed E-state index contributed by atoms with van der Waals surface area (Å²) < 4.78 is 1.73. The van der Waals surface area contributed by atoms with Crippen molar-refractivity contribution in [1.29, 1.82) is 0 Å². The standard InChI is InChI=1S/C22H24N6O2.C3H8/c1-15-21(26-27-28(15)20-6-4-5-17(13-20)11-12-29)14-24-16(2)25-19-9-7-18(8-10-19)22(30)23-3;1-3-2/h4-10,13-14,25,29H,2,11-12H2,1,3H3,(H,23,30);3H2,1-2H3/b24-14-;. The first kappa shape index (κ1) is 25.5. The summed E-state index contributed by atoms with van der Waals surface area (Å²) in [5.74, 6) is 0.292. The Hall–Kier alpha value is -3.78. The third-order valence-corrected chi connectivity index (χ3v) is 4.49. The summed E-state index contributed by atoms with van der Waals surface area (Å²) in [6.07, 6.45) is 3.44. The molecule has 0 spiro atoms. The molecule has 1 heterocycles. The fourth-order valence-corrected chi connectivity index (χ4v) is 2.87. The van der Waals surface area contributed by atoms with Crippen LogP contribution in [0.1, 0.15) is 47.6 Å². The van der Waals surface area contributed by atoms with Crippen molar-refractivity contribution >= 4 is 17.8 Å². The molecule has 0 bridgehead atoms. The van der Waals surface area contributed by atoms with Crippen molar-refractivity contribution in [2.24, 2.45) is 4.99 Å². The molecule has 33 heavy (non-hydrogen) atoms. The van der Waals surface area contributed by atoms with Gasteiger partial charge in [0.1, 0.15) is 11.5 Å². The zero-order chi connectivity index (χ0) is 24.2. The van der Waals surface area contributed by atoms with Crippen LogP contribution < -0.4 is 10.6 Å². The van der Waals surface area contributed by atoms with Crippen molar-refractivity contribution in [2.75, 3.05) is 19.0 Å². The van der Waals surface area contributed by atoms with Crippen LogP contribution in [0, 0.1) is 6.92 Å². The average molecular weight is 449 g/mol. The molecule has 8 nitrogen and oxygen atoms in total. The summed E-state index contributed by atoms with van der Waals surface area (Å²) in [6, 6.07) is 14.8. The molecular formula is C25H32N6O2. The topological polar surface area (TPSA) is 104 Å². The molecule has 0 aliphatic heterocycles. The van der Waals surface area contributed by atoms with E-state index in [9.17, 15) is 4.79 Å². The minimum Gasteiger partial charge on any atom is -0.396 e. The smallest absolute Gasteiger partial charge is 0.251 e. The van der Waals surface area contributed by atoms with Gasteiger partial charge in [-0.1, -0.05) is 44.2 Å². The minimum absolute atomic E-state index is 0.0986. The lowest BCUT2D eigenvalue weighted by molar-refractivity contribution is 0.0963. The molecule has 1 aromatic heterocycles. The Balaban J connectivity index is 0.00000122. The predicted molar refractivity (Wildman–Crippen MR) is 133 cm³/mol. The van der Waals surface area contributed by atoms with Crippen molar-refractivity contribution in [3.05, 3.63) is 83.4 Å². The molecule has 0 aliphatic rings. The molecule has 3 aromatic rings. The van der Waals surface area contributed by atoms with Crippen LogP contribution in [0.2, 0.25) is 0 Å². The first-order valence-corrected chi connectivity index (χ1v) is 10.9. The van der Waals surface area contributed by atoms with Gasteiger partial charge in [0, 0.05) is 24.9 Å². The second-order valence-corrected chi connectivity index (χ2v) is 7.31. The van der Waals surface area contributed by atoms with Crippen molar-refractivity contribution in [3.63, 3.8) is 0 Å². The van der Waals surface area contributed by atoms with Crippen LogP contribution in [-0.4, -0.2) is 45.9 Å². The van der Waals surface area contributed by atoms with Crippen LogP contribution >= 0.6 is 0 Å². The number of aliphatic hydroxyl groups is 1. The number of aromatic nitrogens is 3. The van der Waals surface area contributed by atoms with E-state index in [1.54, 1.807) is 42.2 Å². The number of carbonyl (C=O) groups excluding carboxylic acids is 1. The summed E-state index contributed by atoms with van der Waals surface area (Å²) in [7, 11) is 1.59. The number of hydrogen-bond acceptors (Lipinski definition) is 6. The van der Waals surface area contributed by atoms with Crippen LogP contribution in [0.15, 0.2) is 65.9 Å². The second kappa shape index (κ2) is 12.9. The molecule has 0 unspecified atom stereocenters. The van der Waals surface area contributed by atoms with E-state index in [1.165, 1.54) is 6.42 Å². The van der Waals surface area contributed by atoms with E-state index in [2.05, 4.69) is 46.4 Å². The van der Waals surface area contributed by atoms with E-state index in [-0.39, 0.29) is 12.5 Å². The minimum atomic E-state index is -0.140. The second-order valence-electron chi connectivity index (χ2n) is 7.31. The Morgan fingerprint density at radius 1 is 1.21 bits per heavy atom. The molecule has 3 rings (SSSR count). The molecule has 3 N–H and O–H groups in total. The lowest BCUT2D eigenvalue weighted by Gasteiger charge is -2.06. The average Bonchev–Trinajstić information content (AvgIpc) is 3.19. The molecule has 8 heteroatoms. The third-order valence-electron chi connectivity index (χ3n) is 4.49. The van der Waals surface area contributed by atoms with Gasteiger partial charge in [-0.3, -0.25) is 4.79 Å². The van der Waals surface area contributed by atoms with Crippen molar-refractivity contribution < 1.29 is 9.90 Å². The van der Waals surface area contributed by atoms with Gasteiger partial charge >= 0.3 is 0 Å². The Kier molecular flexibility index (Phi) is 9.98. The molecular weight excluding hydrogens is 416 g/mol. The summed E-state index contributed by atoms with van der Waals surface area (Å²) in [6.45, 7) is 10.2. The summed E-state index contributed by atoms with van der Waals surface area (Å²) in [5.41, 5.74) is 4.71. The fraction of sp³-hybridized carbons (Fsp3) is 0.280. The molecule has 0 aliphatic carbocycles. The SMILES string of the molecule is C=C(/N=C\c1nnn(-c2cccc(CCO)c2)c1C)Nc1ccc(C(=O)NC)cc1.CCC. The first-order valence-electron chi connectivity index (χ1n) is 10.9. The van der Waals surface area contributed by atoms with Crippen LogP contribution in [-0.2, 0) is 6.42 Å². The molecule has 2 aromatic carbocycles. The highest BCUT2D eigenvalue weighted by Gasteiger charge is 2.09. The number of hydrogen-bond donors (Lipinski definition) is 3. The van der Waals surface area contributed by atoms with E-state index >= 15 is 0 Å². The van der Waals surface area contributed by atoms with Gasteiger partial charge in [0.15, 0.2) is 0 Å². The van der Waals surface area contributed by atoms with Gasteiger partial charge in [0.05, 0.1) is 17.6 Å². The Morgan fingerprint density at radius 3 is 2.55 bits per heavy atom. The monoisotopic (exact) mass is 448 g/mol. The van der Waals surface area contributed by atoms with Gasteiger partial charge in [0.2, 0.25) is 0 Å². The molecule has 0 atom stereocenters. The van der Waals surface area contributed by atoms with Crippen LogP contribution in [0.25, 0.3) is 5.69 Å². The number of nitrogens with one attached hydrogen (secondary N) is 2. The summed E-state index contributed by atoms with van der Waals surface area (Å²) in [4.78, 5) is 15.9. The first-order chi connectivity index (χ1) is 15.9. The Bertz CT molecular complexity index is 1090. The number of amides is 1. The zero-order valence-electron chi connectivity index (χ0n) is 19.7. The fourth-order valence-electron chi connectivity index (χ4n) is 2.87. The van der Waals surface area contributed by atoms with Gasteiger partial charge < -0.3 is 15.7 Å².